The zero-order chi connectivity index (χ0) is 27.9. The van der Waals surface area contributed by atoms with Gasteiger partial charge in [-0.3, -0.25) is 14.9 Å². The summed E-state index contributed by atoms with van der Waals surface area (Å²) < 4.78 is 20.6. The Labute approximate surface area is 227 Å². The molecule has 0 aliphatic heterocycles. The van der Waals surface area contributed by atoms with Crippen LogP contribution in [0.2, 0.25) is 0 Å². The third kappa shape index (κ3) is 5.59. The predicted molar refractivity (Wildman–Crippen MR) is 148 cm³/mol. The van der Waals surface area contributed by atoms with E-state index in [0.29, 0.717) is 38.8 Å². The van der Waals surface area contributed by atoms with Gasteiger partial charge in [-0.2, -0.15) is 0 Å². The van der Waals surface area contributed by atoms with Crippen molar-refractivity contribution in [1.82, 2.24) is 14.5 Å². The second-order valence-corrected chi connectivity index (χ2v) is 10.8. The number of fused-ring (bicyclic) bond motifs is 1. The molecule has 11 heteroatoms. The average molecular weight is 548 g/mol. The Hall–Kier alpha value is -4.35. The van der Waals surface area contributed by atoms with Crippen LogP contribution in [0.25, 0.3) is 21.7 Å². The molecule has 5 aromatic rings. The van der Waals surface area contributed by atoms with Crippen LogP contribution >= 0.6 is 11.3 Å². The first-order valence-electron chi connectivity index (χ1n) is 12.1. The van der Waals surface area contributed by atoms with E-state index >= 15 is 0 Å². The smallest absolute Gasteiger partial charge is 0.268 e. The second kappa shape index (κ2) is 10.1. The lowest BCUT2D eigenvalue weighted by Crippen LogP contribution is -2.27. The van der Waals surface area contributed by atoms with Gasteiger partial charge in [0.15, 0.2) is 11.7 Å². The fourth-order valence-corrected chi connectivity index (χ4v) is 4.95. The number of halogens is 1. The van der Waals surface area contributed by atoms with Crippen LogP contribution in [-0.4, -0.2) is 44.1 Å². The number of thiophene rings is 1. The van der Waals surface area contributed by atoms with Gasteiger partial charge in [0.1, 0.15) is 5.82 Å². The maximum Gasteiger partial charge on any atom is 0.268 e. The number of hydrogen-bond donors (Lipinski definition) is 2. The standard InChI is InChI=1S/C28H26FN5O4S/c1-16-30-14-22(38-16)23-11-12-24(39-23)25(35)32-27-31-20-13-19(9-10-21(20)34(27)15-28(2,3)37)33(4)26(36)17-5-7-18(29)8-6-17/h5-14,37H,15H2,1-4H3,(H,31,32,35). The number of aliphatic hydroxyl groups is 1. The fourth-order valence-electron chi connectivity index (χ4n) is 4.10. The molecule has 9 nitrogen and oxygen atoms in total. The van der Waals surface area contributed by atoms with Crippen molar-refractivity contribution in [3.63, 3.8) is 0 Å². The Bertz CT molecular complexity index is 1680. The number of nitrogens with zero attached hydrogens (tertiary/aromatic N) is 4. The Balaban J connectivity index is 1.45. The van der Waals surface area contributed by atoms with Crippen LogP contribution in [0.5, 0.6) is 0 Å². The van der Waals surface area contributed by atoms with Gasteiger partial charge in [0.05, 0.1) is 39.1 Å². The molecule has 0 atom stereocenters. The van der Waals surface area contributed by atoms with Crippen LogP contribution in [-0.2, 0) is 6.54 Å². The molecular weight excluding hydrogens is 521 g/mol. The van der Waals surface area contributed by atoms with Crippen LogP contribution in [0.15, 0.2) is 65.2 Å². The molecule has 0 unspecified atom stereocenters. The van der Waals surface area contributed by atoms with Crippen molar-refractivity contribution in [3.05, 3.63) is 82.9 Å². The molecule has 0 bridgehead atoms. The van der Waals surface area contributed by atoms with Gasteiger partial charge in [-0.25, -0.2) is 14.4 Å². The lowest BCUT2D eigenvalue weighted by Gasteiger charge is -2.20. The van der Waals surface area contributed by atoms with E-state index in [1.54, 1.807) is 68.9 Å². The van der Waals surface area contributed by atoms with Gasteiger partial charge in [0.25, 0.3) is 11.8 Å². The highest BCUT2D eigenvalue weighted by Gasteiger charge is 2.23. The lowest BCUT2D eigenvalue weighted by molar-refractivity contribution is 0.0630. The first-order chi connectivity index (χ1) is 18.5. The lowest BCUT2D eigenvalue weighted by atomic mass is 10.1. The van der Waals surface area contributed by atoms with Crippen molar-refractivity contribution in [2.75, 3.05) is 17.3 Å². The summed E-state index contributed by atoms with van der Waals surface area (Å²) in [7, 11) is 1.62. The van der Waals surface area contributed by atoms with Gasteiger partial charge in [-0.05, 0) is 68.4 Å². The van der Waals surface area contributed by atoms with E-state index in [2.05, 4.69) is 15.3 Å². The highest BCUT2D eigenvalue weighted by molar-refractivity contribution is 7.17. The van der Waals surface area contributed by atoms with Crippen LogP contribution in [0.3, 0.4) is 0 Å². The van der Waals surface area contributed by atoms with Crippen molar-refractivity contribution in [1.29, 1.82) is 0 Å². The molecule has 2 N–H and O–H groups in total. The number of aryl methyl sites for hydroxylation is 1. The van der Waals surface area contributed by atoms with E-state index in [-0.39, 0.29) is 24.3 Å². The van der Waals surface area contributed by atoms with Crippen LogP contribution in [0.4, 0.5) is 16.0 Å². The van der Waals surface area contributed by atoms with E-state index in [1.165, 1.54) is 40.5 Å². The van der Waals surface area contributed by atoms with Gasteiger partial charge >= 0.3 is 0 Å². The van der Waals surface area contributed by atoms with Crippen LogP contribution in [0.1, 0.15) is 39.8 Å². The molecule has 2 amide bonds. The molecule has 2 aromatic carbocycles. The molecule has 0 saturated carbocycles. The van der Waals surface area contributed by atoms with Gasteiger partial charge in [-0.1, -0.05) is 0 Å². The van der Waals surface area contributed by atoms with Crippen molar-refractivity contribution in [3.8, 4) is 10.6 Å². The van der Waals surface area contributed by atoms with Crippen molar-refractivity contribution in [2.45, 2.75) is 32.9 Å². The first-order valence-corrected chi connectivity index (χ1v) is 12.9. The molecular formula is C28H26FN5O4S. The molecule has 39 heavy (non-hydrogen) atoms. The van der Waals surface area contributed by atoms with Crippen molar-refractivity contribution in [2.24, 2.45) is 0 Å². The molecule has 5 rings (SSSR count). The maximum absolute atomic E-state index is 13.3. The summed E-state index contributed by atoms with van der Waals surface area (Å²) in [4.78, 5) is 37.5. The fraction of sp³-hybridized carbons (Fsp3) is 0.214. The van der Waals surface area contributed by atoms with Crippen molar-refractivity contribution < 1.29 is 23.5 Å². The third-order valence-corrected chi connectivity index (χ3v) is 7.08. The van der Waals surface area contributed by atoms with E-state index in [9.17, 15) is 19.1 Å². The number of carbonyl (C=O) groups is 2. The van der Waals surface area contributed by atoms with Crippen molar-refractivity contribution >= 4 is 45.8 Å². The Morgan fingerprint density at radius 1 is 1.15 bits per heavy atom. The SMILES string of the molecule is Cc1ncc(-c2ccc(C(=O)Nc3nc4cc(N(C)C(=O)c5ccc(F)cc5)ccc4n3CC(C)(C)O)s2)o1. The Morgan fingerprint density at radius 3 is 2.56 bits per heavy atom. The first kappa shape index (κ1) is 26.3. The summed E-state index contributed by atoms with van der Waals surface area (Å²) in [5.74, 6) is 0.279. The number of benzene rings is 2. The third-order valence-electron chi connectivity index (χ3n) is 5.98. The molecule has 0 saturated heterocycles. The largest absolute Gasteiger partial charge is 0.440 e. The molecule has 200 valence electrons. The van der Waals surface area contributed by atoms with Crippen LogP contribution in [0, 0.1) is 12.7 Å². The monoisotopic (exact) mass is 547 g/mol. The van der Waals surface area contributed by atoms with E-state index in [4.69, 9.17) is 4.42 Å². The van der Waals surface area contributed by atoms with E-state index in [1.807, 2.05) is 0 Å². The number of imidazole rings is 1. The number of oxazole rings is 1. The minimum atomic E-state index is -1.10. The highest BCUT2D eigenvalue weighted by Crippen LogP contribution is 2.31. The predicted octanol–water partition coefficient (Wildman–Crippen LogP) is 5.50. The molecule has 0 aliphatic carbocycles. The summed E-state index contributed by atoms with van der Waals surface area (Å²) in [5, 5.41) is 13.4. The summed E-state index contributed by atoms with van der Waals surface area (Å²) in [5.41, 5.74) is 1.00. The minimum Gasteiger partial charge on any atom is -0.440 e. The molecule has 0 radical (unpaired) electrons. The quantitative estimate of drug-likeness (QED) is 0.278. The molecule has 3 aromatic heterocycles. The average Bonchev–Trinajstić information content (AvgIpc) is 3.62. The van der Waals surface area contributed by atoms with Crippen LogP contribution < -0.4 is 10.2 Å². The molecule has 0 aliphatic rings. The second-order valence-electron chi connectivity index (χ2n) is 9.74. The van der Waals surface area contributed by atoms with Gasteiger partial charge < -0.3 is 19.0 Å². The number of rotatable bonds is 7. The topological polar surface area (TPSA) is 113 Å². The normalized spacial score (nSPS) is 11.6. The number of anilines is 2. The Morgan fingerprint density at radius 2 is 1.90 bits per heavy atom. The zero-order valence-electron chi connectivity index (χ0n) is 21.7. The minimum absolute atomic E-state index is 0.163. The number of hydrogen-bond acceptors (Lipinski definition) is 7. The zero-order valence-corrected chi connectivity index (χ0v) is 22.5. The summed E-state index contributed by atoms with van der Waals surface area (Å²) >= 11 is 1.26. The molecule has 3 heterocycles. The summed E-state index contributed by atoms with van der Waals surface area (Å²) in [6.07, 6.45) is 1.61. The molecule has 0 spiro atoms. The summed E-state index contributed by atoms with van der Waals surface area (Å²) in [6.45, 7) is 5.24. The van der Waals surface area contributed by atoms with Gasteiger partial charge in [0, 0.05) is 25.2 Å². The van der Waals surface area contributed by atoms with Gasteiger partial charge in [-0.15, -0.1) is 11.3 Å². The number of amides is 2. The van der Waals surface area contributed by atoms with E-state index in [0.717, 1.165) is 4.88 Å². The van der Waals surface area contributed by atoms with Gasteiger partial charge in [0.2, 0.25) is 5.95 Å². The molecule has 0 fully saturated rings. The number of aromatic nitrogens is 3. The number of nitrogens with one attached hydrogen (secondary N) is 1. The Kier molecular flexibility index (Phi) is 6.79. The maximum atomic E-state index is 13.3. The number of carbonyl (C=O) groups excluding carboxylic acids is 2. The highest BCUT2D eigenvalue weighted by atomic mass is 32.1. The summed E-state index contributed by atoms with van der Waals surface area (Å²) in [6, 6.07) is 14.1. The van der Waals surface area contributed by atoms with E-state index < -0.39 is 11.4 Å².